The molecule has 0 N–H and O–H groups in total. The number of allylic oxidation sites excluding steroid dienone is 1. The molecule has 4 aromatic rings. The maximum atomic E-state index is 14.1. The Bertz CT molecular complexity index is 1730. The maximum absolute atomic E-state index is 14.1. The molecular weight excluding hydrogens is 514 g/mol. The first kappa shape index (κ1) is 23.7. The molecule has 1 aliphatic carbocycles. The van der Waals surface area contributed by atoms with E-state index in [2.05, 4.69) is 0 Å². The van der Waals surface area contributed by atoms with Gasteiger partial charge in [-0.05, 0) is 40.8 Å². The van der Waals surface area contributed by atoms with Crippen LogP contribution in [-0.2, 0) is 14.4 Å². The van der Waals surface area contributed by atoms with Crippen LogP contribution in [0.5, 0.6) is 11.5 Å². The van der Waals surface area contributed by atoms with Crippen molar-refractivity contribution in [3.05, 3.63) is 107 Å². The zero-order valence-electron chi connectivity index (χ0n) is 20.8. The monoisotopic (exact) mass is 535 g/mol. The third-order valence-electron chi connectivity index (χ3n) is 8.08. The number of hydrogen-bond acceptors (Lipinski definition) is 5. The van der Waals surface area contributed by atoms with Gasteiger partial charge in [0.05, 0.1) is 35.6 Å². The van der Waals surface area contributed by atoms with Gasteiger partial charge in [-0.3, -0.25) is 14.4 Å². The zero-order chi connectivity index (χ0) is 26.8. The van der Waals surface area contributed by atoms with Crippen LogP contribution in [0.25, 0.3) is 16.3 Å². The molecule has 1 fully saturated rings. The number of hydrogen-bond donors (Lipinski definition) is 0. The molecule has 4 aromatic carbocycles. The molecule has 1 saturated heterocycles. The van der Waals surface area contributed by atoms with Crippen LogP contribution in [0, 0.1) is 17.8 Å². The predicted octanol–water partition coefficient (Wildman–Crippen LogP) is 6.02. The molecular formula is C32H22ClNO5. The summed E-state index contributed by atoms with van der Waals surface area (Å²) in [6.45, 7) is 0. The smallest absolute Gasteiger partial charge is 0.319 e. The zero-order valence-corrected chi connectivity index (χ0v) is 21.6. The van der Waals surface area contributed by atoms with Crippen molar-refractivity contribution in [2.75, 3.05) is 12.0 Å². The van der Waals surface area contributed by atoms with E-state index in [4.69, 9.17) is 21.1 Å². The third kappa shape index (κ3) is 3.45. The van der Waals surface area contributed by atoms with E-state index >= 15 is 0 Å². The molecule has 7 heteroatoms. The first-order valence-electron chi connectivity index (χ1n) is 12.7. The SMILES string of the molecule is COc1ccc([C@@H]2C=C3c4ccc5ccccc5c4OC(=O)[C@@H]3[C@@H]3C(=O)N(c4ccccc4Cl)C(=O)[C@@H]32)cc1. The fraction of sp³-hybridized carbons (Fsp3) is 0.156. The van der Waals surface area contributed by atoms with Crippen LogP contribution in [0.4, 0.5) is 5.69 Å². The Morgan fingerprint density at radius 1 is 0.821 bits per heavy atom. The normalized spacial score (nSPS) is 23.6. The highest BCUT2D eigenvalue weighted by Gasteiger charge is 2.60. The number of esters is 1. The first-order valence-corrected chi connectivity index (χ1v) is 13.1. The summed E-state index contributed by atoms with van der Waals surface area (Å²) >= 11 is 6.44. The molecule has 0 saturated carbocycles. The lowest BCUT2D eigenvalue weighted by Crippen LogP contribution is -2.42. The minimum absolute atomic E-state index is 0.287. The van der Waals surface area contributed by atoms with E-state index in [1.165, 1.54) is 0 Å². The van der Waals surface area contributed by atoms with Crippen molar-refractivity contribution < 1.29 is 23.9 Å². The summed E-state index contributed by atoms with van der Waals surface area (Å²) < 4.78 is 11.3. The van der Waals surface area contributed by atoms with E-state index in [1.54, 1.807) is 31.4 Å². The number of benzene rings is 4. The molecule has 7 rings (SSSR count). The molecule has 2 amide bonds. The highest BCUT2D eigenvalue weighted by Crippen LogP contribution is 2.56. The maximum Gasteiger partial charge on any atom is 0.319 e. The second kappa shape index (κ2) is 8.82. The lowest BCUT2D eigenvalue weighted by Gasteiger charge is -2.38. The average molecular weight is 536 g/mol. The molecule has 4 atom stereocenters. The summed E-state index contributed by atoms with van der Waals surface area (Å²) in [7, 11) is 1.59. The third-order valence-corrected chi connectivity index (χ3v) is 8.40. The summed E-state index contributed by atoms with van der Waals surface area (Å²) in [5.74, 6) is -3.31. The minimum atomic E-state index is -0.937. The average Bonchev–Trinajstić information content (AvgIpc) is 3.22. The Morgan fingerprint density at radius 3 is 2.31 bits per heavy atom. The molecule has 2 heterocycles. The van der Waals surface area contributed by atoms with Gasteiger partial charge in [-0.25, -0.2) is 4.90 Å². The quantitative estimate of drug-likeness (QED) is 0.182. The Kier molecular flexibility index (Phi) is 5.35. The van der Waals surface area contributed by atoms with E-state index in [9.17, 15) is 14.4 Å². The standard InChI is InChI=1S/C32H22ClNO5/c1-38-19-13-10-18(11-14-19)22-16-23-21-15-12-17-6-2-3-7-20(17)29(21)39-32(37)27(23)28-26(22)30(35)34(31(28)36)25-9-5-4-8-24(25)33/h2-16,22,26-28H,1H3/t22-,26+,27-,28+/m0/s1. The highest BCUT2D eigenvalue weighted by atomic mass is 35.5. The fourth-order valence-corrected chi connectivity index (χ4v) is 6.53. The van der Waals surface area contributed by atoms with Gasteiger partial charge in [-0.1, -0.05) is 78.3 Å². The van der Waals surface area contributed by atoms with Gasteiger partial charge in [0, 0.05) is 16.9 Å². The molecule has 0 spiro atoms. The number of rotatable bonds is 3. The van der Waals surface area contributed by atoms with Crippen molar-refractivity contribution in [2.45, 2.75) is 5.92 Å². The molecule has 192 valence electrons. The minimum Gasteiger partial charge on any atom is -0.497 e. The summed E-state index contributed by atoms with van der Waals surface area (Å²) in [6, 6.07) is 25.8. The number of carbonyl (C=O) groups is 3. The predicted molar refractivity (Wildman–Crippen MR) is 148 cm³/mol. The number of anilines is 1. The van der Waals surface area contributed by atoms with Crippen LogP contribution in [0.15, 0.2) is 91.0 Å². The molecule has 0 bridgehead atoms. The number of fused-ring (bicyclic) bond motifs is 7. The number of ether oxygens (including phenoxy) is 2. The van der Waals surface area contributed by atoms with Crippen molar-refractivity contribution in [3.8, 4) is 11.5 Å². The van der Waals surface area contributed by atoms with E-state index in [0.717, 1.165) is 26.8 Å². The largest absolute Gasteiger partial charge is 0.497 e. The van der Waals surface area contributed by atoms with Gasteiger partial charge in [-0.15, -0.1) is 0 Å². The Labute approximate surface area is 229 Å². The van der Waals surface area contributed by atoms with Gasteiger partial charge in [0.2, 0.25) is 11.8 Å². The van der Waals surface area contributed by atoms with Crippen molar-refractivity contribution >= 4 is 51.4 Å². The van der Waals surface area contributed by atoms with Gasteiger partial charge < -0.3 is 9.47 Å². The van der Waals surface area contributed by atoms with E-state index in [1.807, 2.05) is 66.7 Å². The van der Waals surface area contributed by atoms with Crippen molar-refractivity contribution in [1.82, 2.24) is 0 Å². The van der Waals surface area contributed by atoms with Gasteiger partial charge in [-0.2, -0.15) is 0 Å². The van der Waals surface area contributed by atoms with Crippen molar-refractivity contribution in [1.29, 1.82) is 0 Å². The number of amides is 2. The van der Waals surface area contributed by atoms with Crippen LogP contribution < -0.4 is 14.4 Å². The molecule has 39 heavy (non-hydrogen) atoms. The Hall–Kier alpha value is -4.42. The van der Waals surface area contributed by atoms with E-state index < -0.39 is 35.5 Å². The van der Waals surface area contributed by atoms with Crippen molar-refractivity contribution in [3.63, 3.8) is 0 Å². The number of methoxy groups -OCH3 is 1. The van der Waals surface area contributed by atoms with Crippen LogP contribution in [0.1, 0.15) is 17.0 Å². The fourth-order valence-electron chi connectivity index (χ4n) is 6.31. The molecule has 0 radical (unpaired) electrons. The number of para-hydroxylation sites is 1. The van der Waals surface area contributed by atoms with Gasteiger partial charge in [0.25, 0.3) is 0 Å². The van der Waals surface area contributed by atoms with Gasteiger partial charge in [0.1, 0.15) is 11.5 Å². The molecule has 3 aliphatic rings. The summed E-state index contributed by atoms with van der Waals surface area (Å²) in [5, 5.41) is 2.05. The van der Waals surface area contributed by atoms with Crippen LogP contribution >= 0.6 is 11.6 Å². The lowest BCUT2D eigenvalue weighted by molar-refractivity contribution is -0.142. The van der Waals surface area contributed by atoms with Gasteiger partial charge >= 0.3 is 5.97 Å². The van der Waals surface area contributed by atoms with E-state index in [-0.39, 0.29) is 10.9 Å². The number of imide groups is 1. The number of carbonyl (C=O) groups excluding carboxylic acids is 3. The summed E-state index contributed by atoms with van der Waals surface area (Å²) in [4.78, 5) is 43.0. The van der Waals surface area contributed by atoms with Crippen LogP contribution in [-0.4, -0.2) is 24.9 Å². The van der Waals surface area contributed by atoms with Crippen LogP contribution in [0.3, 0.4) is 0 Å². The summed E-state index contributed by atoms with van der Waals surface area (Å²) in [6.07, 6.45) is 1.98. The molecule has 0 aromatic heterocycles. The topological polar surface area (TPSA) is 72.9 Å². The molecule has 0 unspecified atom stereocenters. The van der Waals surface area contributed by atoms with E-state index in [0.29, 0.717) is 22.8 Å². The number of halogens is 1. The number of nitrogens with zero attached hydrogens (tertiary/aromatic N) is 1. The first-order chi connectivity index (χ1) is 19.0. The Balaban J connectivity index is 1.45. The lowest BCUT2D eigenvalue weighted by atomic mass is 9.64. The Morgan fingerprint density at radius 2 is 1.54 bits per heavy atom. The van der Waals surface area contributed by atoms with Gasteiger partial charge in [0.15, 0.2) is 0 Å². The molecule has 6 nitrogen and oxygen atoms in total. The second-order valence-corrected chi connectivity index (χ2v) is 10.4. The highest BCUT2D eigenvalue weighted by molar-refractivity contribution is 6.36. The summed E-state index contributed by atoms with van der Waals surface area (Å²) in [5.41, 5.74) is 2.62. The van der Waals surface area contributed by atoms with Crippen LogP contribution in [0.2, 0.25) is 5.02 Å². The second-order valence-electron chi connectivity index (χ2n) is 10.00. The van der Waals surface area contributed by atoms with Crippen molar-refractivity contribution in [2.24, 2.45) is 17.8 Å². The molecule has 2 aliphatic heterocycles.